The van der Waals surface area contributed by atoms with Crippen molar-refractivity contribution in [2.24, 2.45) is 0 Å². The van der Waals surface area contributed by atoms with Gasteiger partial charge < -0.3 is 15.0 Å². The number of hydrogen-bond acceptors (Lipinski definition) is 5. The van der Waals surface area contributed by atoms with Gasteiger partial charge in [0.15, 0.2) is 5.15 Å². The minimum Gasteiger partial charge on any atom is -0.496 e. The van der Waals surface area contributed by atoms with Gasteiger partial charge in [-0.15, -0.1) is 10.2 Å². The summed E-state index contributed by atoms with van der Waals surface area (Å²) < 4.78 is 5.94. The van der Waals surface area contributed by atoms with Crippen LogP contribution in [0.25, 0.3) is 11.3 Å². The third kappa shape index (κ3) is 6.36. The van der Waals surface area contributed by atoms with Gasteiger partial charge in [-0.3, -0.25) is 4.79 Å². The molecule has 6 nitrogen and oxygen atoms in total. The van der Waals surface area contributed by atoms with Crippen LogP contribution < -0.4 is 10.1 Å². The summed E-state index contributed by atoms with van der Waals surface area (Å²) in [6, 6.07) is 15.6. The number of nitrogens with one attached hydrogen (secondary N) is 1. The van der Waals surface area contributed by atoms with Gasteiger partial charge in [0.25, 0.3) is 5.91 Å². The quantitative estimate of drug-likeness (QED) is 0.338. The summed E-state index contributed by atoms with van der Waals surface area (Å²) in [6.07, 6.45) is 9.35. The second-order valence-corrected chi connectivity index (χ2v) is 10.8. The molecule has 1 saturated heterocycles. The number of benzene rings is 2. The standard InChI is InChI=1S/C31H37ClN4O2/c1-38-30-26-7-3-2-6-22(26)12-13-27(30)23-16-20-36(21-17-23)19-5-4-18-33-31(37)25-10-8-24(9-11-25)28-14-15-29(32)35-34-28/h8-15,23H,2-7,16-21H2,1H3,(H,33,37). The fourth-order valence-corrected chi connectivity index (χ4v) is 5.97. The molecule has 3 aromatic rings. The van der Waals surface area contributed by atoms with Crippen LogP contribution in [-0.4, -0.2) is 54.3 Å². The predicted octanol–water partition coefficient (Wildman–Crippen LogP) is 6.07. The molecule has 38 heavy (non-hydrogen) atoms. The number of methoxy groups -OCH3 is 1. The highest BCUT2D eigenvalue weighted by Crippen LogP contribution is 2.40. The zero-order valence-electron chi connectivity index (χ0n) is 22.2. The van der Waals surface area contributed by atoms with Crippen LogP contribution in [0, 0.1) is 0 Å². The van der Waals surface area contributed by atoms with E-state index in [0.29, 0.717) is 23.2 Å². The van der Waals surface area contributed by atoms with Crippen molar-refractivity contribution in [3.63, 3.8) is 0 Å². The molecule has 0 bridgehead atoms. The predicted molar refractivity (Wildman–Crippen MR) is 152 cm³/mol. The number of piperidine rings is 1. The third-order valence-corrected chi connectivity index (χ3v) is 8.21. The van der Waals surface area contributed by atoms with Gasteiger partial charge in [-0.1, -0.05) is 35.9 Å². The van der Waals surface area contributed by atoms with Crippen molar-refractivity contribution in [2.45, 2.75) is 57.3 Å². The topological polar surface area (TPSA) is 67.3 Å². The zero-order valence-corrected chi connectivity index (χ0v) is 23.0. The summed E-state index contributed by atoms with van der Waals surface area (Å²) >= 11 is 5.81. The number of unbranched alkanes of at least 4 members (excludes halogenated alkanes) is 1. The Bertz CT molecular complexity index is 1220. The Morgan fingerprint density at radius 3 is 2.53 bits per heavy atom. The maximum Gasteiger partial charge on any atom is 0.251 e. The Morgan fingerprint density at radius 1 is 1.00 bits per heavy atom. The first-order valence-corrected chi connectivity index (χ1v) is 14.3. The molecule has 200 valence electrons. The Hall–Kier alpha value is -2.96. The van der Waals surface area contributed by atoms with Gasteiger partial charge in [-0.05, 0) is 118 Å². The number of carbonyl (C=O) groups excluding carboxylic acids is 1. The van der Waals surface area contributed by atoms with E-state index >= 15 is 0 Å². The Labute approximate surface area is 230 Å². The second-order valence-electron chi connectivity index (χ2n) is 10.4. The maximum absolute atomic E-state index is 12.5. The van der Waals surface area contributed by atoms with Gasteiger partial charge >= 0.3 is 0 Å². The van der Waals surface area contributed by atoms with Crippen molar-refractivity contribution in [3.8, 4) is 17.0 Å². The molecule has 1 N–H and O–H groups in total. The van der Waals surface area contributed by atoms with Crippen LogP contribution in [0.5, 0.6) is 5.75 Å². The average molecular weight is 533 g/mol. The lowest BCUT2D eigenvalue weighted by Crippen LogP contribution is -2.34. The molecule has 0 atom stereocenters. The van der Waals surface area contributed by atoms with Crippen molar-refractivity contribution >= 4 is 17.5 Å². The summed E-state index contributed by atoms with van der Waals surface area (Å²) in [5.41, 5.74) is 6.66. The van der Waals surface area contributed by atoms with E-state index in [0.717, 1.165) is 50.2 Å². The van der Waals surface area contributed by atoms with Crippen LogP contribution in [0.2, 0.25) is 5.15 Å². The molecule has 0 radical (unpaired) electrons. The molecular formula is C31H37ClN4O2. The Balaban J connectivity index is 1.02. The van der Waals surface area contributed by atoms with Gasteiger partial charge in [-0.2, -0.15) is 0 Å². The fraction of sp³-hybridized carbons (Fsp3) is 0.452. The summed E-state index contributed by atoms with van der Waals surface area (Å²) in [7, 11) is 1.84. The number of aryl methyl sites for hydroxylation is 1. The van der Waals surface area contributed by atoms with Gasteiger partial charge in [0.05, 0.1) is 12.8 Å². The van der Waals surface area contributed by atoms with E-state index in [1.54, 1.807) is 6.07 Å². The number of likely N-dealkylation sites (tertiary alicyclic amines) is 1. The molecule has 5 rings (SSSR count). The van der Waals surface area contributed by atoms with Crippen LogP contribution in [0.4, 0.5) is 0 Å². The minimum atomic E-state index is -0.0430. The highest BCUT2D eigenvalue weighted by atomic mass is 35.5. The first-order valence-electron chi connectivity index (χ1n) is 13.9. The molecule has 1 fully saturated rings. The fourth-order valence-electron chi connectivity index (χ4n) is 5.87. The molecule has 1 aliphatic carbocycles. The van der Waals surface area contributed by atoms with E-state index in [9.17, 15) is 4.79 Å². The summed E-state index contributed by atoms with van der Waals surface area (Å²) in [5.74, 6) is 1.72. The molecule has 7 heteroatoms. The van der Waals surface area contributed by atoms with E-state index in [1.165, 1.54) is 54.5 Å². The summed E-state index contributed by atoms with van der Waals surface area (Å²) in [6.45, 7) is 4.02. The molecule has 1 amide bonds. The van der Waals surface area contributed by atoms with Crippen LogP contribution in [0.3, 0.4) is 0 Å². The second kappa shape index (κ2) is 12.7. The molecular weight excluding hydrogens is 496 g/mol. The van der Waals surface area contributed by atoms with Crippen molar-refractivity contribution in [3.05, 3.63) is 75.9 Å². The SMILES string of the molecule is COc1c(C2CCN(CCCCNC(=O)c3ccc(-c4ccc(Cl)nn4)cc3)CC2)ccc2c1CCCC2. The van der Waals surface area contributed by atoms with Gasteiger partial charge in [-0.25, -0.2) is 0 Å². The number of halogens is 1. The van der Waals surface area contributed by atoms with Crippen molar-refractivity contribution < 1.29 is 9.53 Å². The molecule has 2 aromatic carbocycles. The molecule has 2 aliphatic rings. The van der Waals surface area contributed by atoms with E-state index in [1.807, 2.05) is 37.4 Å². The van der Waals surface area contributed by atoms with Crippen LogP contribution >= 0.6 is 11.6 Å². The molecule has 0 spiro atoms. The number of aromatic nitrogens is 2. The number of nitrogens with zero attached hydrogens (tertiary/aromatic N) is 3. The summed E-state index contributed by atoms with van der Waals surface area (Å²) in [4.78, 5) is 15.1. The first-order chi connectivity index (χ1) is 18.6. The average Bonchev–Trinajstić information content (AvgIpc) is 2.97. The first kappa shape index (κ1) is 26.6. The van der Waals surface area contributed by atoms with E-state index in [-0.39, 0.29) is 5.91 Å². The number of rotatable bonds is 9. The zero-order chi connectivity index (χ0) is 26.3. The van der Waals surface area contributed by atoms with Gasteiger partial charge in [0.1, 0.15) is 5.75 Å². The number of ether oxygens (including phenoxy) is 1. The molecule has 0 saturated carbocycles. The molecule has 1 aromatic heterocycles. The van der Waals surface area contributed by atoms with Gasteiger partial charge in [0.2, 0.25) is 0 Å². The van der Waals surface area contributed by atoms with Crippen LogP contribution in [0.15, 0.2) is 48.5 Å². The van der Waals surface area contributed by atoms with Crippen LogP contribution in [-0.2, 0) is 12.8 Å². The largest absolute Gasteiger partial charge is 0.496 e. The minimum absolute atomic E-state index is 0.0430. The maximum atomic E-state index is 12.5. The number of fused-ring (bicyclic) bond motifs is 1. The number of carbonyl (C=O) groups is 1. The van der Waals surface area contributed by atoms with E-state index < -0.39 is 0 Å². The smallest absolute Gasteiger partial charge is 0.251 e. The van der Waals surface area contributed by atoms with Gasteiger partial charge in [0, 0.05) is 17.7 Å². The third-order valence-electron chi connectivity index (χ3n) is 8.00. The molecule has 1 aliphatic heterocycles. The normalized spacial score (nSPS) is 16.2. The highest BCUT2D eigenvalue weighted by Gasteiger charge is 2.26. The van der Waals surface area contributed by atoms with Crippen molar-refractivity contribution in [1.82, 2.24) is 20.4 Å². The van der Waals surface area contributed by atoms with E-state index in [2.05, 4.69) is 32.5 Å². The van der Waals surface area contributed by atoms with E-state index in [4.69, 9.17) is 16.3 Å². The van der Waals surface area contributed by atoms with Crippen molar-refractivity contribution in [2.75, 3.05) is 33.3 Å². The molecule has 2 heterocycles. The van der Waals surface area contributed by atoms with Crippen LogP contribution in [0.1, 0.15) is 71.5 Å². The lowest BCUT2D eigenvalue weighted by molar-refractivity contribution is 0.0952. The number of amides is 1. The summed E-state index contributed by atoms with van der Waals surface area (Å²) in [5, 5.41) is 11.4. The number of hydrogen-bond donors (Lipinski definition) is 1. The lowest BCUT2D eigenvalue weighted by Gasteiger charge is -2.33. The Kier molecular flexibility index (Phi) is 8.92. The monoisotopic (exact) mass is 532 g/mol. The Morgan fingerprint density at radius 2 is 1.79 bits per heavy atom. The lowest BCUT2D eigenvalue weighted by atomic mass is 9.83. The highest BCUT2D eigenvalue weighted by molar-refractivity contribution is 6.29. The van der Waals surface area contributed by atoms with Crippen molar-refractivity contribution in [1.29, 1.82) is 0 Å². The molecule has 0 unspecified atom stereocenters.